The van der Waals surface area contributed by atoms with Gasteiger partial charge in [0.2, 0.25) is 0 Å². The maximum absolute atomic E-state index is 12.2. The zero-order chi connectivity index (χ0) is 13.8. The van der Waals surface area contributed by atoms with Crippen LogP contribution >= 0.6 is 15.9 Å². The third-order valence-corrected chi connectivity index (χ3v) is 3.03. The quantitative estimate of drug-likeness (QED) is 0.873. The topological polar surface area (TPSA) is 57.2 Å². The van der Waals surface area contributed by atoms with Gasteiger partial charge in [-0.15, -0.1) is 0 Å². The predicted molar refractivity (Wildman–Crippen MR) is 73.4 cm³/mol. The molecule has 0 aliphatic heterocycles. The van der Waals surface area contributed by atoms with Gasteiger partial charge in [0.1, 0.15) is 5.76 Å². The van der Waals surface area contributed by atoms with Gasteiger partial charge in [-0.2, -0.15) is 5.26 Å². The zero-order valence-electron chi connectivity index (χ0n) is 10.3. The number of rotatable bonds is 3. The lowest BCUT2D eigenvalue weighted by atomic mass is 10.1. The van der Waals surface area contributed by atoms with Gasteiger partial charge in [-0.3, -0.25) is 4.79 Å². The van der Waals surface area contributed by atoms with Crippen molar-refractivity contribution in [2.75, 3.05) is 7.05 Å². The minimum atomic E-state index is -0.148. The van der Waals surface area contributed by atoms with E-state index in [4.69, 9.17) is 9.68 Å². The molecule has 0 spiro atoms. The van der Waals surface area contributed by atoms with E-state index in [0.717, 1.165) is 0 Å². The van der Waals surface area contributed by atoms with Gasteiger partial charge in [0.05, 0.1) is 18.2 Å². The molecule has 0 radical (unpaired) electrons. The highest BCUT2D eigenvalue weighted by Crippen LogP contribution is 2.16. The van der Waals surface area contributed by atoms with Crippen molar-refractivity contribution in [2.24, 2.45) is 0 Å². The zero-order valence-corrected chi connectivity index (χ0v) is 11.8. The van der Waals surface area contributed by atoms with Gasteiger partial charge >= 0.3 is 0 Å². The summed E-state index contributed by atoms with van der Waals surface area (Å²) >= 11 is 3.22. The number of halogens is 1. The molecule has 96 valence electrons. The van der Waals surface area contributed by atoms with Crippen molar-refractivity contribution in [2.45, 2.75) is 6.54 Å². The van der Waals surface area contributed by atoms with Crippen molar-refractivity contribution < 1.29 is 9.21 Å². The molecule has 1 heterocycles. The molecule has 0 aliphatic carbocycles. The van der Waals surface area contributed by atoms with E-state index < -0.39 is 0 Å². The summed E-state index contributed by atoms with van der Waals surface area (Å²) in [4.78, 5) is 13.7. The maximum Gasteiger partial charge on any atom is 0.254 e. The molecule has 0 N–H and O–H groups in total. The first-order valence-electron chi connectivity index (χ1n) is 5.60. The summed E-state index contributed by atoms with van der Waals surface area (Å²) in [7, 11) is 1.69. The molecule has 4 nitrogen and oxygen atoms in total. The summed E-state index contributed by atoms with van der Waals surface area (Å²) in [6.45, 7) is 0.376. The van der Waals surface area contributed by atoms with Crippen LogP contribution in [0, 0.1) is 11.3 Å². The molecule has 0 atom stereocenters. The number of nitriles is 1. The summed E-state index contributed by atoms with van der Waals surface area (Å²) in [6, 6.07) is 12.2. The van der Waals surface area contributed by atoms with E-state index in [0.29, 0.717) is 28.1 Å². The Morgan fingerprint density at radius 2 is 2.21 bits per heavy atom. The van der Waals surface area contributed by atoms with Crippen molar-refractivity contribution in [3.05, 3.63) is 58.0 Å². The van der Waals surface area contributed by atoms with Gasteiger partial charge < -0.3 is 9.32 Å². The molecule has 0 fully saturated rings. The average molecular weight is 319 g/mol. The first-order chi connectivity index (χ1) is 9.10. The fourth-order valence-corrected chi connectivity index (χ4v) is 2.02. The van der Waals surface area contributed by atoms with Crippen molar-refractivity contribution in [3.63, 3.8) is 0 Å². The fraction of sp³-hybridized carbons (Fsp3) is 0.143. The van der Waals surface area contributed by atoms with Crippen molar-refractivity contribution in [1.82, 2.24) is 4.90 Å². The highest BCUT2D eigenvalue weighted by Gasteiger charge is 2.14. The van der Waals surface area contributed by atoms with E-state index in [1.165, 1.54) is 0 Å². The third kappa shape index (κ3) is 3.24. The van der Waals surface area contributed by atoms with Gasteiger partial charge in [0, 0.05) is 12.6 Å². The van der Waals surface area contributed by atoms with E-state index in [1.54, 1.807) is 48.3 Å². The Morgan fingerprint density at radius 1 is 1.42 bits per heavy atom. The molecule has 5 heteroatoms. The SMILES string of the molecule is CN(Cc1ccc(Br)o1)C(=O)c1cccc(C#N)c1. The Labute approximate surface area is 119 Å². The van der Waals surface area contributed by atoms with Crippen molar-refractivity contribution in [1.29, 1.82) is 5.26 Å². The number of nitrogens with zero attached hydrogens (tertiary/aromatic N) is 2. The van der Waals surface area contributed by atoms with Crippen LogP contribution in [0.5, 0.6) is 0 Å². The van der Waals surface area contributed by atoms with Gasteiger partial charge in [-0.25, -0.2) is 0 Å². The number of furan rings is 1. The van der Waals surface area contributed by atoms with E-state index in [2.05, 4.69) is 15.9 Å². The minimum Gasteiger partial charge on any atom is -0.452 e. The number of carbonyl (C=O) groups is 1. The summed E-state index contributed by atoms with van der Waals surface area (Å²) in [5, 5.41) is 8.83. The Balaban J connectivity index is 2.12. The second-order valence-electron chi connectivity index (χ2n) is 4.06. The number of hydrogen-bond donors (Lipinski definition) is 0. The predicted octanol–water partition coefficient (Wildman–Crippen LogP) is 3.19. The molecule has 2 rings (SSSR count). The molecule has 0 bridgehead atoms. The molecule has 19 heavy (non-hydrogen) atoms. The fourth-order valence-electron chi connectivity index (χ4n) is 1.68. The molecule has 0 unspecified atom stereocenters. The van der Waals surface area contributed by atoms with E-state index in [-0.39, 0.29) is 5.91 Å². The lowest BCUT2D eigenvalue weighted by Crippen LogP contribution is -2.26. The second-order valence-corrected chi connectivity index (χ2v) is 4.84. The van der Waals surface area contributed by atoms with Crippen LogP contribution < -0.4 is 0 Å². The first kappa shape index (κ1) is 13.4. The first-order valence-corrected chi connectivity index (χ1v) is 6.39. The second kappa shape index (κ2) is 5.72. The normalized spacial score (nSPS) is 9.95. The van der Waals surface area contributed by atoms with Crippen LogP contribution in [-0.4, -0.2) is 17.9 Å². The van der Waals surface area contributed by atoms with Crippen molar-refractivity contribution in [3.8, 4) is 6.07 Å². The lowest BCUT2D eigenvalue weighted by molar-refractivity contribution is 0.0775. The van der Waals surface area contributed by atoms with Gasteiger partial charge in [-0.1, -0.05) is 6.07 Å². The summed E-state index contributed by atoms with van der Waals surface area (Å²) in [5.41, 5.74) is 0.965. The molecule has 1 amide bonds. The molecule has 0 saturated carbocycles. The van der Waals surface area contributed by atoms with Crippen molar-refractivity contribution >= 4 is 21.8 Å². The maximum atomic E-state index is 12.2. The van der Waals surface area contributed by atoms with Crippen LogP contribution in [0.3, 0.4) is 0 Å². The molecular weight excluding hydrogens is 308 g/mol. The smallest absolute Gasteiger partial charge is 0.254 e. The molecule has 2 aromatic rings. The lowest BCUT2D eigenvalue weighted by Gasteiger charge is -2.15. The largest absolute Gasteiger partial charge is 0.452 e. The minimum absolute atomic E-state index is 0.148. The third-order valence-electron chi connectivity index (χ3n) is 2.61. The molecular formula is C14H11BrN2O2. The van der Waals surface area contributed by atoms with Crippen LogP contribution in [-0.2, 0) is 6.54 Å². The van der Waals surface area contributed by atoms with Crippen LogP contribution in [0.1, 0.15) is 21.7 Å². The Kier molecular flexibility index (Phi) is 4.03. The molecule has 0 saturated heterocycles. The van der Waals surface area contributed by atoms with E-state index in [9.17, 15) is 4.79 Å². The van der Waals surface area contributed by atoms with Gasteiger partial charge in [0.15, 0.2) is 4.67 Å². The summed E-state index contributed by atoms with van der Waals surface area (Å²) < 4.78 is 5.99. The Bertz CT molecular complexity index is 643. The monoisotopic (exact) mass is 318 g/mol. The molecule has 1 aromatic heterocycles. The van der Waals surface area contributed by atoms with Crippen LogP contribution in [0.15, 0.2) is 45.5 Å². The van der Waals surface area contributed by atoms with Gasteiger partial charge in [0.25, 0.3) is 5.91 Å². The van der Waals surface area contributed by atoms with Crippen LogP contribution in [0.2, 0.25) is 0 Å². The standard InChI is InChI=1S/C14H11BrN2O2/c1-17(9-12-5-6-13(15)19-12)14(18)11-4-2-3-10(7-11)8-16/h2-7H,9H2,1H3. The van der Waals surface area contributed by atoms with Crippen LogP contribution in [0.25, 0.3) is 0 Å². The number of amides is 1. The van der Waals surface area contributed by atoms with Gasteiger partial charge in [-0.05, 0) is 46.3 Å². The van der Waals surface area contributed by atoms with E-state index >= 15 is 0 Å². The Hall–Kier alpha value is -2.06. The Morgan fingerprint density at radius 3 is 2.84 bits per heavy atom. The summed E-state index contributed by atoms with van der Waals surface area (Å²) in [6.07, 6.45) is 0. The van der Waals surface area contributed by atoms with Crippen LogP contribution in [0.4, 0.5) is 0 Å². The highest BCUT2D eigenvalue weighted by molar-refractivity contribution is 9.10. The molecule has 1 aromatic carbocycles. The average Bonchev–Trinajstić information content (AvgIpc) is 2.83. The summed E-state index contributed by atoms with van der Waals surface area (Å²) in [5.74, 6) is 0.545. The number of benzene rings is 1. The highest BCUT2D eigenvalue weighted by atomic mass is 79.9. The molecule has 0 aliphatic rings. The number of carbonyl (C=O) groups excluding carboxylic acids is 1. The van der Waals surface area contributed by atoms with E-state index in [1.807, 2.05) is 6.07 Å². The number of hydrogen-bond acceptors (Lipinski definition) is 3.